The van der Waals surface area contributed by atoms with E-state index >= 15 is 0 Å². The van der Waals surface area contributed by atoms with Gasteiger partial charge in [0.05, 0.1) is 0 Å². The smallest absolute Gasteiger partial charge is 0.0332 e. The van der Waals surface area contributed by atoms with Crippen LogP contribution in [0.1, 0.15) is 52.9 Å². The van der Waals surface area contributed by atoms with Crippen LogP contribution in [0.2, 0.25) is 0 Å². The third-order valence-corrected chi connectivity index (χ3v) is 4.98. The predicted octanol–water partition coefficient (Wildman–Crippen LogP) is 4.10. The summed E-state index contributed by atoms with van der Waals surface area (Å²) in [5.41, 5.74) is 0. The molecule has 0 aliphatic heterocycles. The van der Waals surface area contributed by atoms with Crippen LogP contribution in [0, 0.1) is 29.6 Å². The summed E-state index contributed by atoms with van der Waals surface area (Å²) < 4.78 is 0. The largest absolute Gasteiger partial charge is 0.0651 e. The highest BCUT2D eigenvalue weighted by atomic mass is 14.5. The van der Waals surface area contributed by atoms with Gasteiger partial charge in [-0.25, -0.2) is 0 Å². The molecule has 0 nitrogen and oxygen atoms in total. The quantitative estimate of drug-likeness (QED) is 0.570. The van der Waals surface area contributed by atoms with Gasteiger partial charge >= 0.3 is 0 Å². The summed E-state index contributed by atoms with van der Waals surface area (Å²) in [6, 6.07) is 0. The number of rotatable bonds is 1. The zero-order valence-electron chi connectivity index (χ0n) is 9.42. The second-order valence-corrected chi connectivity index (χ2v) is 5.50. The molecule has 13 heavy (non-hydrogen) atoms. The van der Waals surface area contributed by atoms with Crippen molar-refractivity contribution in [3.8, 4) is 0 Å². The Morgan fingerprint density at radius 3 is 2.38 bits per heavy atom. The Morgan fingerprint density at radius 2 is 1.69 bits per heavy atom. The van der Waals surface area contributed by atoms with Gasteiger partial charge in [0.2, 0.25) is 0 Å². The molecular weight excluding hydrogens is 156 g/mol. The Kier molecular flexibility index (Phi) is 2.67. The summed E-state index contributed by atoms with van der Waals surface area (Å²) in [6.45, 7) is 7.38. The average molecular weight is 180 g/mol. The lowest BCUT2D eigenvalue weighted by Gasteiger charge is -2.40. The van der Waals surface area contributed by atoms with E-state index in [1.807, 2.05) is 0 Å². The molecule has 0 bridgehead atoms. The summed E-state index contributed by atoms with van der Waals surface area (Å²) >= 11 is 0. The van der Waals surface area contributed by atoms with Gasteiger partial charge in [-0.2, -0.15) is 0 Å². The van der Waals surface area contributed by atoms with E-state index in [1.165, 1.54) is 32.1 Å². The monoisotopic (exact) mass is 180 g/mol. The minimum absolute atomic E-state index is 1.02. The normalized spacial score (nSPS) is 50.5. The molecule has 0 aromatic rings. The molecule has 0 saturated heterocycles. The fraction of sp³-hybridized carbons (Fsp3) is 1.00. The Morgan fingerprint density at radius 1 is 1.00 bits per heavy atom. The third-order valence-electron chi connectivity index (χ3n) is 4.98. The summed E-state index contributed by atoms with van der Waals surface area (Å²) in [5, 5.41) is 0. The van der Waals surface area contributed by atoms with Crippen LogP contribution < -0.4 is 0 Å². The van der Waals surface area contributed by atoms with Crippen molar-refractivity contribution in [2.45, 2.75) is 52.9 Å². The molecule has 0 heterocycles. The van der Waals surface area contributed by atoms with Gasteiger partial charge in [0.25, 0.3) is 0 Å². The zero-order valence-corrected chi connectivity index (χ0v) is 9.42. The molecule has 0 N–H and O–H groups in total. The van der Waals surface area contributed by atoms with Gasteiger partial charge in [0.1, 0.15) is 0 Å². The molecule has 2 rings (SSSR count). The van der Waals surface area contributed by atoms with Crippen LogP contribution in [0.3, 0.4) is 0 Å². The van der Waals surface area contributed by atoms with Gasteiger partial charge in [-0.05, 0) is 48.9 Å². The second kappa shape index (κ2) is 3.63. The fourth-order valence-corrected chi connectivity index (χ4v) is 4.19. The Hall–Kier alpha value is 0. The summed E-state index contributed by atoms with van der Waals surface area (Å²) in [7, 11) is 0. The van der Waals surface area contributed by atoms with E-state index in [0.29, 0.717) is 0 Å². The van der Waals surface area contributed by atoms with Crippen LogP contribution in [-0.2, 0) is 0 Å². The van der Waals surface area contributed by atoms with Crippen molar-refractivity contribution in [3.05, 3.63) is 0 Å². The third kappa shape index (κ3) is 1.53. The molecule has 2 fully saturated rings. The van der Waals surface area contributed by atoms with Crippen molar-refractivity contribution < 1.29 is 0 Å². The molecule has 5 atom stereocenters. The molecule has 2 aliphatic rings. The van der Waals surface area contributed by atoms with E-state index < -0.39 is 0 Å². The molecule has 2 saturated carbocycles. The summed E-state index contributed by atoms with van der Waals surface area (Å²) in [6.07, 6.45) is 7.52. The van der Waals surface area contributed by atoms with Gasteiger partial charge in [-0.3, -0.25) is 0 Å². The van der Waals surface area contributed by atoms with Gasteiger partial charge < -0.3 is 0 Å². The first-order chi connectivity index (χ1) is 6.24. The van der Waals surface area contributed by atoms with Crippen LogP contribution in [0.25, 0.3) is 0 Å². The molecule has 0 spiro atoms. The predicted molar refractivity (Wildman–Crippen MR) is 57.6 cm³/mol. The zero-order chi connectivity index (χ0) is 9.42. The standard InChI is InChI=1S/C13H24/c1-4-11-7-8-12-6-5-9(2)13(12)10(11)3/h9-13H,4-8H2,1-3H3. The number of fused-ring (bicyclic) bond motifs is 1. The molecular formula is C13H24. The van der Waals surface area contributed by atoms with E-state index in [-0.39, 0.29) is 0 Å². The van der Waals surface area contributed by atoms with Gasteiger partial charge in [0, 0.05) is 0 Å². The lowest BCUT2D eigenvalue weighted by Crippen LogP contribution is -2.32. The van der Waals surface area contributed by atoms with Crippen molar-refractivity contribution in [2.75, 3.05) is 0 Å². The van der Waals surface area contributed by atoms with E-state index in [2.05, 4.69) is 20.8 Å². The topological polar surface area (TPSA) is 0 Å². The van der Waals surface area contributed by atoms with Gasteiger partial charge in [-0.1, -0.05) is 33.6 Å². The highest BCUT2D eigenvalue weighted by Gasteiger charge is 2.42. The molecule has 0 aromatic carbocycles. The van der Waals surface area contributed by atoms with Crippen LogP contribution in [0.4, 0.5) is 0 Å². The molecule has 0 amide bonds. The van der Waals surface area contributed by atoms with Crippen LogP contribution in [-0.4, -0.2) is 0 Å². The van der Waals surface area contributed by atoms with Crippen molar-refractivity contribution in [3.63, 3.8) is 0 Å². The van der Waals surface area contributed by atoms with Crippen molar-refractivity contribution in [1.29, 1.82) is 0 Å². The Bertz CT molecular complexity index is 173. The van der Waals surface area contributed by atoms with E-state index in [1.54, 1.807) is 0 Å². The molecule has 5 unspecified atom stereocenters. The number of hydrogen-bond acceptors (Lipinski definition) is 0. The van der Waals surface area contributed by atoms with E-state index in [0.717, 1.165) is 29.6 Å². The fourth-order valence-electron chi connectivity index (χ4n) is 4.19. The maximum atomic E-state index is 2.52. The SMILES string of the molecule is CCC1CCC2CCC(C)C2C1C. The summed E-state index contributed by atoms with van der Waals surface area (Å²) in [5.74, 6) is 5.27. The van der Waals surface area contributed by atoms with Gasteiger partial charge in [-0.15, -0.1) is 0 Å². The maximum Gasteiger partial charge on any atom is -0.0332 e. The first kappa shape index (κ1) is 9.55. The minimum atomic E-state index is 1.02. The van der Waals surface area contributed by atoms with Crippen LogP contribution in [0.15, 0.2) is 0 Å². The van der Waals surface area contributed by atoms with E-state index in [4.69, 9.17) is 0 Å². The maximum absolute atomic E-state index is 2.52. The molecule has 76 valence electrons. The highest BCUT2D eigenvalue weighted by molar-refractivity contribution is 4.91. The minimum Gasteiger partial charge on any atom is -0.0651 e. The number of hydrogen-bond donors (Lipinski definition) is 0. The first-order valence-electron chi connectivity index (χ1n) is 6.24. The molecule has 0 radical (unpaired) electrons. The van der Waals surface area contributed by atoms with Crippen molar-refractivity contribution in [1.82, 2.24) is 0 Å². The van der Waals surface area contributed by atoms with Crippen LogP contribution >= 0.6 is 0 Å². The molecule has 2 aliphatic carbocycles. The Balaban J connectivity index is 2.08. The van der Waals surface area contributed by atoms with Gasteiger partial charge in [0.15, 0.2) is 0 Å². The Labute approximate surface area is 83.1 Å². The average Bonchev–Trinajstić information content (AvgIpc) is 2.49. The molecule has 0 heteroatoms. The lowest BCUT2D eigenvalue weighted by atomic mass is 9.66. The van der Waals surface area contributed by atoms with Crippen LogP contribution in [0.5, 0.6) is 0 Å². The highest BCUT2D eigenvalue weighted by Crippen LogP contribution is 2.51. The van der Waals surface area contributed by atoms with E-state index in [9.17, 15) is 0 Å². The summed E-state index contributed by atoms with van der Waals surface area (Å²) in [4.78, 5) is 0. The molecule has 0 aromatic heterocycles. The lowest BCUT2D eigenvalue weighted by molar-refractivity contribution is 0.0972. The van der Waals surface area contributed by atoms with Crippen molar-refractivity contribution >= 4 is 0 Å². The van der Waals surface area contributed by atoms with Crippen molar-refractivity contribution in [2.24, 2.45) is 29.6 Å². The first-order valence-corrected chi connectivity index (χ1v) is 6.24. The second-order valence-electron chi connectivity index (χ2n) is 5.50.